The van der Waals surface area contributed by atoms with E-state index in [0.29, 0.717) is 13.0 Å². The number of methoxy groups -OCH3 is 1. The second-order valence-electron chi connectivity index (χ2n) is 10.7. The highest BCUT2D eigenvalue weighted by molar-refractivity contribution is 5.83. The average Bonchev–Trinajstić information content (AvgIpc) is 3.62. The monoisotopic (exact) mass is 451 g/mol. The Hall–Kier alpha value is -1.44. The van der Waals surface area contributed by atoms with Crippen LogP contribution in [-0.2, 0) is 28.5 Å². The fourth-order valence-corrected chi connectivity index (χ4v) is 5.41. The highest BCUT2D eigenvalue weighted by Gasteiger charge is 2.72. The zero-order valence-electron chi connectivity index (χ0n) is 21.0. The average molecular weight is 452 g/mol. The molecular formula is C25H41NO6. The summed E-state index contributed by atoms with van der Waals surface area (Å²) in [5.41, 5.74) is 0.653. The number of rotatable bonds is 9. The molecular weight excluding hydrogens is 410 g/mol. The number of carbonyl (C=O) groups is 2. The van der Waals surface area contributed by atoms with Crippen molar-refractivity contribution in [3.63, 3.8) is 0 Å². The number of carbonyl (C=O) groups excluding carboxylic acids is 2. The van der Waals surface area contributed by atoms with Crippen LogP contribution in [-0.4, -0.2) is 74.1 Å². The largest absolute Gasteiger partial charge is 0.460 e. The molecule has 7 heteroatoms. The lowest BCUT2D eigenvalue weighted by Gasteiger charge is -2.42. The summed E-state index contributed by atoms with van der Waals surface area (Å²) in [6.07, 6.45) is 4.06. The van der Waals surface area contributed by atoms with Crippen molar-refractivity contribution in [1.29, 1.82) is 0 Å². The smallest absolute Gasteiger partial charge is 0.306 e. The lowest BCUT2D eigenvalue weighted by atomic mass is 9.68. The van der Waals surface area contributed by atoms with Gasteiger partial charge < -0.3 is 23.8 Å². The minimum atomic E-state index is -0.395. The van der Waals surface area contributed by atoms with E-state index in [9.17, 15) is 9.59 Å². The van der Waals surface area contributed by atoms with E-state index in [-0.39, 0.29) is 59.6 Å². The van der Waals surface area contributed by atoms with E-state index in [1.54, 1.807) is 26.1 Å². The zero-order valence-corrected chi connectivity index (χ0v) is 21.0. The summed E-state index contributed by atoms with van der Waals surface area (Å²) in [4.78, 5) is 26.9. The van der Waals surface area contributed by atoms with Crippen molar-refractivity contribution in [3.8, 4) is 0 Å². The van der Waals surface area contributed by atoms with Gasteiger partial charge in [0.25, 0.3) is 0 Å². The highest BCUT2D eigenvalue weighted by Crippen LogP contribution is 2.59. The van der Waals surface area contributed by atoms with Crippen molar-refractivity contribution in [2.24, 2.45) is 17.8 Å². The second-order valence-corrected chi connectivity index (χ2v) is 10.7. The zero-order chi connectivity index (χ0) is 23.8. The number of esters is 1. The topological polar surface area (TPSA) is 80.9 Å². The number of ether oxygens (including phenoxy) is 4. The quantitative estimate of drug-likeness (QED) is 0.304. The van der Waals surface area contributed by atoms with Crippen LogP contribution in [0.5, 0.6) is 0 Å². The van der Waals surface area contributed by atoms with Crippen LogP contribution in [0.1, 0.15) is 60.3 Å². The molecule has 182 valence electrons. The van der Waals surface area contributed by atoms with Gasteiger partial charge in [-0.15, -0.1) is 0 Å². The molecule has 3 fully saturated rings. The van der Waals surface area contributed by atoms with Gasteiger partial charge >= 0.3 is 5.97 Å². The van der Waals surface area contributed by atoms with Gasteiger partial charge in [0.15, 0.2) is 0 Å². The van der Waals surface area contributed by atoms with E-state index in [1.807, 2.05) is 13.8 Å². The Bertz CT molecular complexity index is 739. The van der Waals surface area contributed by atoms with Crippen molar-refractivity contribution in [1.82, 2.24) is 4.90 Å². The van der Waals surface area contributed by atoms with E-state index in [0.717, 1.165) is 12.8 Å². The summed E-state index contributed by atoms with van der Waals surface area (Å²) in [6.45, 7) is 10.9. The number of hydrogen-bond acceptors (Lipinski definition) is 6. The first-order chi connectivity index (χ1) is 14.9. The first-order valence-corrected chi connectivity index (χ1v) is 11.8. The van der Waals surface area contributed by atoms with Gasteiger partial charge in [-0.05, 0) is 46.0 Å². The number of nitrogens with zero attached hydrogens (tertiary/aromatic N) is 1. The van der Waals surface area contributed by atoms with Crippen molar-refractivity contribution in [2.45, 2.75) is 89.8 Å². The maximum absolute atomic E-state index is 12.9. The Morgan fingerprint density at radius 3 is 2.41 bits per heavy atom. The van der Waals surface area contributed by atoms with Crippen molar-refractivity contribution < 1.29 is 28.5 Å². The Morgan fingerprint density at radius 2 is 1.91 bits per heavy atom. The Morgan fingerprint density at radius 1 is 1.25 bits per heavy atom. The summed E-state index contributed by atoms with van der Waals surface area (Å²) in [6, 6.07) is 0. The van der Waals surface area contributed by atoms with Gasteiger partial charge in [-0.3, -0.25) is 9.59 Å². The minimum absolute atomic E-state index is 0.00795. The van der Waals surface area contributed by atoms with Gasteiger partial charge in [0.2, 0.25) is 5.91 Å². The molecule has 2 aliphatic heterocycles. The predicted octanol–water partition coefficient (Wildman–Crippen LogP) is 3.36. The van der Waals surface area contributed by atoms with Crippen LogP contribution in [0.2, 0.25) is 0 Å². The molecule has 2 unspecified atom stereocenters. The molecule has 7 atom stereocenters. The van der Waals surface area contributed by atoms with Crippen LogP contribution < -0.4 is 0 Å². The first kappa shape index (κ1) is 25.2. The molecule has 7 nitrogen and oxygen atoms in total. The molecule has 1 aliphatic carbocycles. The summed E-state index contributed by atoms with van der Waals surface area (Å²) in [7, 11) is 5.10. The van der Waals surface area contributed by atoms with E-state index in [2.05, 4.69) is 26.8 Å². The molecule has 2 heterocycles. The number of hydrogen-bond donors (Lipinski definition) is 0. The minimum Gasteiger partial charge on any atom is -0.460 e. The summed E-state index contributed by atoms with van der Waals surface area (Å²) < 4.78 is 24.1. The first-order valence-electron chi connectivity index (χ1n) is 11.8. The van der Waals surface area contributed by atoms with Gasteiger partial charge in [0, 0.05) is 21.2 Å². The third-order valence-corrected chi connectivity index (χ3v) is 7.47. The molecule has 0 N–H and O–H groups in total. The summed E-state index contributed by atoms with van der Waals surface area (Å²) in [5, 5.41) is 0. The van der Waals surface area contributed by atoms with Crippen molar-refractivity contribution in [3.05, 3.63) is 11.6 Å². The fourth-order valence-electron chi connectivity index (χ4n) is 5.41. The third kappa shape index (κ3) is 5.05. The molecule has 0 aromatic carbocycles. The van der Waals surface area contributed by atoms with E-state index in [1.165, 1.54) is 5.57 Å². The number of epoxide rings is 2. The van der Waals surface area contributed by atoms with Crippen LogP contribution in [0, 0.1) is 17.8 Å². The fraction of sp³-hybridized carbons (Fsp3) is 0.840. The molecule has 3 aliphatic rings. The van der Waals surface area contributed by atoms with Crippen LogP contribution in [0.15, 0.2) is 11.6 Å². The maximum Gasteiger partial charge on any atom is 0.306 e. The molecule has 2 saturated heterocycles. The van der Waals surface area contributed by atoms with Gasteiger partial charge in [-0.25, -0.2) is 0 Å². The maximum atomic E-state index is 12.9. The lowest BCUT2D eigenvalue weighted by Crippen LogP contribution is -2.55. The highest BCUT2D eigenvalue weighted by atomic mass is 16.6. The summed E-state index contributed by atoms with van der Waals surface area (Å²) in [5.74, 6) is -0.749. The lowest BCUT2D eigenvalue weighted by molar-refractivity contribution is -0.174. The SMILES string of the molecule is CO[C@@H]1[C@H](OC(=O)CC(C(=O)N(C)C)C(C)C)CCC2(CO2)[C@H]1[C@@]1(C)O[C@@H]1CC=C(C)C. The molecule has 0 aromatic rings. The molecule has 3 rings (SSSR count). The van der Waals surface area contributed by atoms with Gasteiger partial charge in [-0.1, -0.05) is 25.5 Å². The summed E-state index contributed by atoms with van der Waals surface area (Å²) >= 11 is 0. The van der Waals surface area contributed by atoms with Crippen LogP contribution >= 0.6 is 0 Å². The standard InChI is InChI=1S/C25H41NO6/c1-15(2)9-10-19-24(5,32-19)22-21(29-8)18(11-12-25(22)14-30-25)31-20(27)13-17(16(3)4)23(28)26(6)7/h9,16-19,21-22H,10-14H2,1-8H3/t17?,18-,19-,21-,22-,24+,25?/m1/s1. The Balaban J connectivity index is 1.71. The molecule has 1 amide bonds. The molecule has 1 saturated carbocycles. The molecule has 32 heavy (non-hydrogen) atoms. The second kappa shape index (κ2) is 9.43. The van der Waals surface area contributed by atoms with Gasteiger partial charge in [0.05, 0.1) is 31.0 Å². The number of amides is 1. The van der Waals surface area contributed by atoms with Gasteiger partial charge in [0.1, 0.15) is 23.4 Å². The molecule has 1 spiro atoms. The van der Waals surface area contributed by atoms with E-state index in [4.69, 9.17) is 18.9 Å². The molecule has 0 aromatic heterocycles. The normalized spacial score (nSPS) is 36.5. The number of allylic oxidation sites excluding steroid dienone is 1. The van der Waals surface area contributed by atoms with Crippen LogP contribution in [0.25, 0.3) is 0 Å². The Labute approximate surface area is 192 Å². The third-order valence-electron chi connectivity index (χ3n) is 7.47. The van der Waals surface area contributed by atoms with Crippen LogP contribution in [0.3, 0.4) is 0 Å². The Kier molecular flexibility index (Phi) is 7.42. The van der Waals surface area contributed by atoms with Gasteiger partial charge in [-0.2, -0.15) is 0 Å². The van der Waals surface area contributed by atoms with E-state index < -0.39 is 5.92 Å². The molecule has 0 bridgehead atoms. The van der Waals surface area contributed by atoms with Crippen molar-refractivity contribution >= 4 is 11.9 Å². The van der Waals surface area contributed by atoms with Crippen LogP contribution in [0.4, 0.5) is 0 Å². The van der Waals surface area contributed by atoms with E-state index >= 15 is 0 Å². The predicted molar refractivity (Wildman–Crippen MR) is 121 cm³/mol. The van der Waals surface area contributed by atoms with Crippen molar-refractivity contribution in [2.75, 3.05) is 27.8 Å². The molecule has 0 radical (unpaired) electrons.